The van der Waals surface area contributed by atoms with Gasteiger partial charge in [0.25, 0.3) is 0 Å². The van der Waals surface area contributed by atoms with Crippen molar-refractivity contribution < 1.29 is 4.39 Å². The Morgan fingerprint density at radius 2 is 2.14 bits per heavy atom. The Morgan fingerprint density at radius 3 is 2.71 bits per heavy atom. The minimum atomic E-state index is -0.180. The molecule has 1 atom stereocenters. The van der Waals surface area contributed by atoms with Gasteiger partial charge in [-0.1, -0.05) is 12.5 Å². The molecule has 2 rings (SSSR count). The standard InChI is InChI=1S/C12H16FN/c1-8-5-6-10(13)7-11(8)12(14)9-3-2-4-9/h5-7,9,12H,2-4,14H2,1H3. The Morgan fingerprint density at radius 1 is 1.43 bits per heavy atom. The lowest BCUT2D eigenvalue weighted by Gasteiger charge is -2.32. The third kappa shape index (κ3) is 1.67. The lowest BCUT2D eigenvalue weighted by atomic mass is 9.77. The highest BCUT2D eigenvalue weighted by molar-refractivity contribution is 5.30. The summed E-state index contributed by atoms with van der Waals surface area (Å²) < 4.78 is 13.0. The molecule has 1 nitrogen and oxygen atoms in total. The number of rotatable bonds is 2. The number of hydrogen-bond acceptors (Lipinski definition) is 1. The van der Waals surface area contributed by atoms with Gasteiger partial charge in [0.05, 0.1) is 0 Å². The molecule has 14 heavy (non-hydrogen) atoms. The highest BCUT2D eigenvalue weighted by atomic mass is 19.1. The van der Waals surface area contributed by atoms with E-state index in [2.05, 4.69) is 0 Å². The molecule has 0 heterocycles. The first kappa shape index (κ1) is 9.66. The average Bonchev–Trinajstić information content (AvgIpc) is 2.06. The summed E-state index contributed by atoms with van der Waals surface area (Å²) in [5, 5.41) is 0. The summed E-state index contributed by atoms with van der Waals surface area (Å²) in [7, 11) is 0. The van der Waals surface area contributed by atoms with Gasteiger partial charge in [0, 0.05) is 6.04 Å². The van der Waals surface area contributed by atoms with E-state index in [9.17, 15) is 4.39 Å². The molecule has 0 bridgehead atoms. The van der Waals surface area contributed by atoms with Gasteiger partial charge in [-0.25, -0.2) is 4.39 Å². The van der Waals surface area contributed by atoms with Crippen LogP contribution in [0.1, 0.15) is 36.4 Å². The van der Waals surface area contributed by atoms with Crippen molar-refractivity contribution in [3.8, 4) is 0 Å². The van der Waals surface area contributed by atoms with Crippen molar-refractivity contribution in [2.75, 3.05) is 0 Å². The number of halogens is 1. The van der Waals surface area contributed by atoms with E-state index in [0.29, 0.717) is 5.92 Å². The third-order valence-electron chi connectivity index (χ3n) is 3.26. The fourth-order valence-corrected chi connectivity index (χ4v) is 2.02. The van der Waals surface area contributed by atoms with Crippen LogP contribution in [-0.4, -0.2) is 0 Å². The smallest absolute Gasteiger partial charge is 0.123 e. The average molecular weight is 193 g/mol. The van der Waals surface area contributed by atoms with Crippen LogP contribution in [-0.2, 0) is 0 Å². The van der Waals surface area contributed by atoms with Crippen LogP contribution in [0.2, 0.25) is 0 Å². The minimum absolute atomic E-state index is 0.0273. The lowest BCUT2D eigenvalue weighted by Crippen LogP contribution is -2.27. The fraction of sp³-hybridized carbons (Fsp3) is 0.500. The Balaban J connectivity index is 2.24. The first-order valence-corrected chi connectivity index (χ1v) is 5.20. The van der Waals surface area contributed by atoms with Crippen molar-refractivity contribution in [3.05, 3.63) is 35.1 Å². The van der Waals surface area contributed by atoms with Gasteiger partial charge in [0.2, 0.25) is 0 Å². The van der Waals surface area contributed by atoms with E-state index < -0.39 is 0 Å². The molecule has 0 aliphatic heterocycles. The molecule has 0 saturated heterocycles. The topological polar surface area (TPSA) is 26.0 Å². The fourth-order valence-electron chi connectivity index (χ4n) is 2.02. The molecular weight excluding hydrogens is 177 g/mol. The number of benzene rings is 1. The van der Waals surface area contributed by atoms with Crippen LogP contribution in [0.25, 0.3) is 0 Å². The van der Waals surface area contributed by atoms with E-state index in [1.165, 1.54) is 25.3 Å². The van der Waals surface area contributed by atoms with Crippen LogP contribution < -0.4 is 5.73 Å². The molecule has 1 aliphatic carbocycles. The molecule has 1 unspecified atom stereocenters. The van der Waals surface area contributed by atoms with E-state index in [0.717, 1.165) is 11.1 Å². The van der Waals surface area contributed by atoms with Gasteiger partial charge in [0.1, 0.15) is 5.82 Å². The van der Waals surface area contributed by atoms with E-state index in [1.807, 2.05) is 13.0 Å². The Labute approximate surface area is 84.1 Å². The van der Waals surface area contributed by atoms with Crippen LogP contribution in [0.3, 0.4) is 0 Å². The highest BCUT2D eigenvalue weighted by Crippen LogP contribution is 2.37. The van der Waals surface area contributed by atoms with Gasteiger partial charge in [-0.2, -0.15) is 0 Å². The maximum atomic E-state index is 13.0. The van der Waals surface area contributed by atoms with Crippen LogP contribution in [0, 0.1) is 18.7 Å². The summed E-state index contributed by atoms with van der Waals surface area (Å²) in [5.41, 5.74) is 8.19. The summed E-state index contributed by atoms with van der Waals surface area (Å²) >= 11 is 0. The minimum Gasteiger partial charge on any atom is -0.324 e. The molecule has 2 N–H and O–H groups in total. The van der Waals surface area contributed by atoms with Gasteiger partial charge in [-0.3, -0.25) is 0 Å². The van der Waals surface area contributed by atoms with Crippen LogP contribution in [0.15, 0.2) is 18.2 Å². The second kappa shape index (κ2) is 3.70. The van der Waals surface area contributed by atoms with Gasteiger partial charge >= 0.3 is 0 Å². The largest absolute Gasteiger partial charge is 0.324 e. The van der Waals surface area contributed by atoms with Gasteiger partial charge in [-0.05, 0) is 48.9 Å². The molecule has 0 aromatic heterocycles. The van der Waals surface area contributed by atoms with Gasteiger partial charge < -0.3 is 5.73 Å². The number of hydrogen-bond donors (Lipinski definition) is 1. The zero-order chi connectivity index (χ0) is 10.1. The van der Waals surface area contributed by atoms with Gasteiger partial charge in [-0.15, -0.1) is 0 Å². The monoisotopic (exact) mass is 193 g/mol. The molecule has 1 saturated carbocycles. The Kier molecular flexibility index (Phi) is 2.55. The molecule has 0 spiro atoms. The molecule has 76 valence electrons. The van der Waals surface area contributed by atoms with E-state index in [4.69, 9.17) is 5.73 Å². The van der Waals surface area contributed by atoms with E-state index in [1.54, 1.807) is 6.07 Å². The molecule has 0 radical (unpaired) electrons. The number of nitrogens with two attached hydrogens (primary N) is 1. The first-order valence-electron chi connectivity index (χ1n) is 5.20. The summed E-state index contributed by atoms with van der Waals surface area (Å²) in [5.74, 6) is 0.385. The predicted octanol–water partition coefficient (Wildman–Crippen LogP) is 2.93. The molecule has 1 fully saturated rings. The molecule has 2 heteroatoms. The zero-order valence-corrected chi connectivity index (χ0v) is 8.46. The lowest BCUT2D eigenvalue weighted by molar-refractivity contribution is 0.263. The van der Waals surface area contributed by atoms with Crippen LogP contribution in [0.5, 0.6) is 0 Å². The second-order valence-electron chi connectivity index (χ2n) is 4.22. The maximum absolute atomic E-state index is 13.0. The summed E-state index contributed by atoms with van der Waals surface area (Å²) in [4.78, 5) is 0. The SMILES string of the molecule is Cc1ccc(F)cc1C(N)C1CCC1. The van der Waals surface area contributed by atoms with Crippen molar-refractivity contribution >= 4 is 0 Å². The summed E-state index contributed by atoms with van der Waals surface area (Å²) in [6.45, 7) is 1.99. The quantitative estimate of drug-likeness (QED) is 0.767. The third-order valence-corrected chi connectivity index (χ3v) is 3.26. The predicted molar refractivity (Wildman–Crippen MR) is 55.4 cm³/mol. The molecule has 1 aromatic rings. The molecule has 0 amide bonds. The normalized spacial score (nSPS) is 19.1. The van der Waals surface area contributed by atoms with Crippen LogP contribution >= 0.6 is 0 Å². The van der Waals surface area contributed by atoms with Crippen LogP contribution in [0.4, 0.5) is 4.39 Å². The van der Waals surface area contributed by atoms with E-state index >= 15 is 0 Å². The molecule has 1 aliphatic rings. The molecule has 1 aromatic carbocycles. The maximum Gasteiger partial charge on any atom is 0.123 e. The van der Waals surface area contributed by atoms with Crippen molar-refractivity contribution in [2.45, 2.75) is 32.2 Å². The zero-order valence-electron chi connectivity index (χ0n) is 8.46. The first-order chi connectivity index (χ1) is 6.68. The van der Waals surface area contributed by atoms with E-state index in [-0.39, 0.29) is 11.9 Å². The summed E-state index contributed by atoms with van der Waals surface area (Å²) in [6, 6.07) is 4.91. The van der Waals surface area contributed by atoms with Crippen molar-refractivity contribution in [3.63, 3.8) is 0 Å². The second-order valence-corrected chi connectivity index (χ2v) is 4.22. The van der Waals surface area contributed by atoms with Crippen molar-refractivity contribution in [1.29, 1.82) is 0 Å². The Hall–Kier alpha value is -0.890. The van der Waals surface area contributed by atoms with Crippen molar-refractivity contribution in [2.24, 2.45) is 11.7 Å². The summed E-state index contributed by atoms with van der Waals surface area (Å²) in [6.07, 6.45) is 3.65. The van der Waals surface area contributed by atoms with Gasteiger partial charge in [0.15, 0.2) is 0 Å². The highest BCUT2D eigenvalue weighted by Gasteiger charge is 2.26. The molecular formula is C12H16FN. The van der Waals surface area contributed by atoms with Crippen molar-refractivity contribution in [1.82, 2.24) is 0 Å². The Bertz CT molecular complexity index is 331. The number of aryl methyl sites for hydroxylation is 1.